The fraction of sp³-hybridized carbons (Fsp3) is 0.136. The molecule has 0 saturated heterocycles. The van der Waals surface area contributed by atoms with Crippen molar-refractivity contribution in [2.24, 2.45) is 5.10 Å². The second kappa shape index (κ2) is 10.9. The number of nitrogens with one attached hydrogen (secondary N) is 1. The van der Waals surface area contributed by atoms with Gasteiger partial charge in [-0.3, -0.25) is 10.1 Å². The number of methoxy groups -OCH3 is 1. The Morgan fingerprint density at radius 1 is 1.18 bits per heavy atom. The fourth-order valence-corrected chi connectivity index (χ4v) is 4.38. The van der Waals surface area contributed by atoms with Crippen LogP contribution < -0.4 is 14.3 Å². The Morgan fingerprint density at radius 3 is 2.53 bits per heavy atom. The second-order valence-corrected chi connectivity index (χ2v) is 9.96. The van der Waals surface area contributed by atoms with Crippen LogP contribution >= 0.6 is 27.5 Å². The predicted molar refractivity (Wildman–Crippen MR) is 132 cm³/mol. The molecule has 0 aliphatic carbocycles. The van der Waals surface area contributed by atoms with E-state index in [-0.39, 0.29) is 17.2 Å². The van der Waals surface area contributed by atoms with Crippen molar-refractivity contribution >= 4 is 49.5 Å². The number of hydrogen-bond donors (Lipinski definition) is 1. The van der Waals surface area contributed by atoms with Crippen LogP contribution in [-0.2, 0) is 16.6 Å². The normalized spacial score (nSPS) is 11.4. The van der Waals surface area contributed by atoms with Crippen LogP contribution in [0, 0.1) is 17.0 Å². The molecule has 0 bridgehead atoms. The summed E-state index contributed by atoms with van der Waals surface area (Å²) in [6.45, 7) is 1.80. The molecule has 0 saturated carbocycles. The van der Waals surface area contributed by atoms with Gasteiger partial charge in [0.2, 0.25) is 0 Å². The van der Waals surface area contributed by atoms with E-state index in [0.717, 1.165) is 11.6 Å². The number of nitro groups is 1. The van der Waals surface area contributed by atoms with Gasteiger partial charge in [0.1, 0.15) is 6.61 Å². The van der Waals surface area contributed by atoms with Gasteiger partial charge in [0, 0.05) is 16.7 Å². The van der Waals surface area contributed by atoms with Crippen molar-refractivity contribution in [3.8, 4) is 11.5 Å². The molecular weight excluding hydrogens is 550 g/mol. The average Bonchev–Trinajstić information content (AvgIpc) is 2.79. The molecule has 0 aliphatic heterocycles. The van der Waals surface area contributed by atoms with Crippen LogP contribution in [0.5, 0.6) is 11.5 Å². The number of sulfonamides is 1. The van der Waals surface area contributed by atoms with Crippen LogP contribution in [0.15, 0.2) is 69.1 Å². The van der Waals surface area contributed by atoms with Gasteiger partial charge in [0.15, 0.2) is 11.5 Å². The van der Waals surface area contributed by atoms with Gasteiger partial charge in [-0.2, -0.15) is 13.5 Å². The smallest absolute Gasteiger partial charge is 0.276 e. The first-order valence-corrected chi connectivity index (χ1v) is 12.3. The molecule has 0 radical (unpaired) electrons. The lowest BCUT2D eigenvalue weighted by Crippen LogP contribution is -2.18. The van der Waals surface area contributed by atoms with E-state index in [0.29, 0.717) is 32.1 Å². The summed E-state index contributed by atoms with van der Waals surface area (Å²) < 4.78 is 36.8. The first-order valence-electron chi connectivity index (χ1n) is 9.65. The highest BCUT2D eigenvalue weighted by atomic mass is 79.9. The van der Waals surface area contributed by atoms with E-state index < -0.39 is 14.9 Å². The van der Waals surface area contributed by atoms with E-state index in [1.807, 2.05) is 12.1 Å². The van der Waals surface area contributed by atoms with Crippen LogP contribution in [0.4, 0.5) is 5.69 Å². The summed E-state index contributed by atoms with van der Waals surface area (Å²) in [5.41, 5.74) is 1.48. The fourth-order valence-electron chi connectivity index (χ4n) is 2.87. The molecule has 0 unspecified atom stereocenters. The molecule has 12 heteroatoms. The summed E-state index contributed by atoms with van der Waals surface area (Å²) in [6.07, 6.45) is 1.27. The van der Waals surface area contributed by atoms with E-state index in [9.17, 15) is 18.5 Å². The average molecular weight is 569 g/mol. The number of hydrazone groups is 1. The van der Waals surface area contributed by atoms with Crippen LogP contribution in [0.25, 0.3) is 0 Å². The van der Waals surface area contributed by atoms with Crippen LogP contribution in [0.2, 0.25) is 5.02 Å². The summed E-state index contributed by atoms with van der Waals surface area (Å²) in [5, 5.41) is 15.5. The highest BCUT2D eigenvalue weighted by Gasteiger charge is 2.19. The van der Waals surface area contributed by atoms with Gasteiger partial charge in [0.05, 0.1) is 27.6 Å². The van der Waals surface area contributed by atoms with E-state index in [1.165, 1.54) is 32.4 Å². The Hall–Kier alpha value is -3.15. The largest absolute Gasteiger partial charge is 0.493 e. The third kappa shape index (κ3) is 6.25. The molecule has 9 nitrogen and oxygen atoms in total. The summed E-state index contributed by atoms with van der Waals surface area (Å²) in [6, 6.07) is 14.1. The molecule has 3 rings (SSSR count). The Labute approximate surface area is 209 Å². The molecule has 0 heterocycles. The molecule has 0 spiro atoms. The minimum atomic E-state index is -4.11. The van der Waals surface area contributed by atoms with Gasteiger partial charge in [-0.05, 0) is 64.3 Å². The molecule has 178 valence electrons. The number of rotatable bonds is 9. The van der Waals surface area contributed by atoms with Gasteiger partial charge in [0.25, 0.3) is 15.7 Å². The number of nitro benzene ring substituents is 1. The molecule has 3 aromatic carbocycles. The highest BCUT2D eigenvalue weighted by molar-refractivity contribution is 9.10. The van der Waals surface area contributed by atoms with E-state index in [1.54, 1.807) is 24.3 Å². The van der Waals surface area contributed by atoms with Crippen molar-refractivity contribution in [3.05, 3.63) is 90.9 Å². The first-order chi connectivity index (χ1) is 16.1. The van der Waals surface area contributed by atoms with Crippen molar-refractivity contribution in [1.29, 1.82) is 0 Å². The van der Waals surface area contributed by atoms with Gasteiger partial charge >= 0.3 is 0 Å². The molecule has 0 amide bonds. The van der Waals surface area contributed by atoms with E-state index >= 15 is 0 Å². The molecule has 1 N–H and O–H groups in total. The van der Waals surface area contributed by atoms with Crippen LogP contribution in [0.3, 0.4) is 0 Å². The SMILES string of the molecule is COc1cc(/C=N\NS(=O)(=O)c2ccc(C)c([N+](=O)[O-])c2)cc(Br)c1OCc1ccc(Cl)cc1. The van der Waals surface area contributed by atoms with Crippen molar-refractivity contribution < 1.29 is 22.8 Å². The maximum atomic E-state index is 12.5. The first kappa shape index (κ1) is 25.5. The number of benzene rings is 3. The summed E-state index contributed by atoms with van der Waals surface area (Å²) in [5.74, 6) is 0.865. The van der Waals surface area contributed by atoms with Crippen molar-refractivity contribution in [1.82, 2.24) is 4.83 Å². The Morgan fingerprint density at radius 2 is 1.88 bits per heavy atom. The third-order valence-corrected chi connectivity index (χ3v) is 6.68. The molecule has 3 aromatic rings. The number of halogens is 2. The lowest BCUT2D eigenvalue weighted by molar-refractivity contribution is -0.385. The third-order valence-electron chi connectivity index (χ3n) is 4.62. The molecule has 0 aromatic heterocycles. The van der Waals surface area contributed by atoms with Crippen molar-refractivity contribution in [2.45, 2.75) is 18.4 Å². The summed E-state index contributed by atoms with van der Waals surface area (Å²) in [4.78, 5) is 12.2. The zero-order valence-electron chi connectivity index (χ0n) is 18.0. The monoisotopic (exact) mass is 567 g/mol. The maximum absolute atomic E-state index is 12.5. The van der Waals surface area contributed by atoms with E-state index in [2.05, 4.69) is 25.9 Å². The lowest BCUT2D eigenvalue weighted by atomic mass is 10.2. The van der Waals surface area contributed by atoms with E-state index in [4.69, 9.17) is 21.1 Å². The maximum Gasteiger partial charge on any atom is 0.276 e. The topological polar surface area (TPSA) is 120 Å². The zero-order chi connectivity index (χ0) is 24.9. The van der Waals surface area contributed by atoms with Gasteiger partial charge in [-0.15, -0.1) is 0 Å². The lowest BCUT2D eigenvalue weighted by Gasteiger charge is -2.13. The molecule has 34 heavy (non-hydrogen) atoms. The highest BCUT2D eigenvalue weighted by Crippen LogP contribution is 2.37. The van der Waals surface area contributed by atoms with Crippen molar-refractivity contribution in [2.75, 3.05) is 7.11 Å². The molecule has 0 atom stereocenters. The second-order valence-electron chi connectivity index (χ2n) is 7.01. The zero-order valence-corrected chi connectivity index (χ0v) is 21.1. The standard InChI is InChI=1S/C22H19BrClN3O6S/c1-14-3-8-18(11-20(14)27(28)29)34(30,31)26-25-12-16-9-19(23)22(21(10-16)32-2)33-13-15-4-6-17(24)7-5-15/h3-12,26H,13H2,1-2H3/b25-12-. The molecular formula is C22H19BrClN3O6S. The van der Waals surface area contributed by atoms with Crippen LogP contribution in [-0.4, -0.2) is 26.7 Å². The number of nitrogens with zero attached hydrogens (tertiary/aromatic N) is 2. The minimum Gasteiger partial charge on any atom is -0.493 e. The van der Waals surface area contributed by atoms with Crippen molar-refractivity contribution in [3.63, 3.8) is 0 Å². The van der Waals surface area contributed by atoms with Gasteiger partial charge < -0.3 is 9.47 Å². The molecule has 0 aliphatic rings. The number of ether oxygens (including phenoxy) is 2. The number of hydrogen-bond acceptors (Lipinski definition) is 7. The minimum absolute atomic E-state index is 0.272. The molecule has 0 fully saturated rings. The Bertz CT molecular complexity index is 1350. The Kier molecular flexibility index (Phi) is 8.13. The number of aryl methyl sites for hydroxylation is 1. The Balaban J connectivity index is 1.75. The summed E-state index contributed by atoms with van der Waals surface area (Å²) >= 11 is 9.33. The summed E-state index contributed by atoms with van der Waals surface area (Å²) in [7, 11) is -2.63. The quantitative estimate of drug-likeness (QED) is 0.215. The van der Waals surface area contributed by atoms with Gasteiger partial charge in [-0.1, -0.05) is 29.8 Å². The predicted octanol–water partition coefficient (Wildman–Crippen LogP) is 5.22. The van der Waals surface area contributed by atoms with Gasteiger partial charge in [-0.25, -0.2) is 4.83 Å². The van der Waals surface area contributed by atoms with Crippen LogP contribution in [0.1, 0.15) is 16.7 Å².